The first-order valence-corrected chi connectivity index (χ1v) is 4.88. The maximum Gasteiger partial charge on any atom is 0.0704 e. The third-order valence-corrected chi connectivity index (χ3v) is 2.49. The van der Waals surface area contributed by atoms with Crippen molar-refractivity contribution < 1.29 is 5.11 Å². The van der Waals surface area contributed by atoms with E-state index < -0.39 is 6.10 Å². The zero-order valence-electron chi connectivity index (χ0n) is 6.87. The van der Waals surface area contributed by atoms with E-state index in [1.807, 2.05) is 24.3 Å². The summed E-state index contributed by atoms with van der Waals surface area (Å²) in [5.41, 5.74) is 6.71. The fraction of sp³-hybridized carbons (Fsp3) is 0.333. The van der Waals surface area contributed by atoms with Gasteiger partial charge in [0.2, 0.25) is 0 Å². The second kappa shape index (κ2) is 4.20. The molecule has 0 saturated heterocycles. The first-order valence-electron chi connectivity index (χ1n) is 3.80. The van der Waals surface area contributed by atoms with E-state index in [9.17, 15) is 5.11 Å². The summed E-state index contributed by atoms with van der Waals surface area (Å²) in [5, 5.41) is 9.22. The molecule has 1 rings (SSSR count). The Morgan fingerprint density at radius 1 is 1.33 bits per heavy atom. The predicted molar refractivity (Wildman–Crippen MR) is 57.8 cm³/mol. The average Bonchev–Trinajstić information content (AvgIpc) is 2.04. The van der Waals surface area contributed by atoms with E-state index in [-0.39, 0.29) is 6.04 Å². The van der Waals surface area contributed by atoms with Crippen LogP contribution in [0.1, 0.15) is 18.5 Å². The molecule has 0 amide bonds. The molecule has 12 heavy (non-hydrogen) atoms. The van der Waals surface area contributed by atoms with Crippen LogP contribution in [0.15, 0.2) is 24.3 Å². The van der Waals surface area contributed by atoms with E-state index >= 15 is 0 Å². The molecule has 0 unspecified atom stereocenters. The first-order chi connectivity index (χ1) is 5.61. The van der Waals surface area contributed by atoms with Gasteiger partial charge in [0, 0.05) is 3.57 Å². The molecule has 0 aliphatic rings. The van der Waals surface area contributed by atoms with E-state index in [2.05, 4.69) is 22.6 Å². The minimum Gasteiger partial charge on any atom is -0.391 e. The van der Waals surface area contributed by atoms with Crippen molar-refractivity contribution in [1.82, 2.24) is 0 Å². The van der Waals surface area contributed by atoms with Crippen LogP contribution in [-0.4, -0.2) is 11.2 Å². The van der Waals surface area contributed by atoms with E-state index in [0.717, 1.165) is 5.56 Å². The molecular formula is C9H12INO. The lowest BCUT2D eigenvalue weighted by Crippen LogP contribution is -2.22. The summed E-state index contributed by atoms with van der Waals surface area (Å²) in [5.74, 6) is 0. The van der Waals surface area contributed by atoms with Crippen LogP contribution in [0.25, 0.3) is 0 Å². The molecule has 0 fully saturated rings. The average molecular weight is 277 g/mol. The summed E-state index contributed by atoms with van der Waals surface area (Å²) >= 11 is 2.23. The van der Waals surface area contributed by atoms with Gasteiger partial charge in [-0.25, -0.2) is 0 Å². The number of aliphatic hydroxyl groups is 1. The highest BCUT2D eigenvalue weighted by molar-refractivity contribution is 14.1. The van der Waals surface area contributed by atoms with Gasteiger partial charge in [-0.05, 0) is 47.2 Å². The Balaban J connectivity index is 2.82. The normalized spacial score (nSPS) is 15.7. The van der Waals surface area contributed by atoms with Gasteiger partial charge in [0.25, 0.3) is 0 Å². The number of hydrogen-bond acceptors (Lipinski definition) is 2. The minimum absolute atomic E-state index is 0.276. The fourth-order valence-corrected chi connectivity index (χ4v) is 1.32. The number of hydrogen-bond donors (Lipinski definition) is 2. The zero-order chi connectivity index (χ0) is 9.14. The predicted octanol–water partition coefficient (Wildman–Crippen LogP) is 1.67. The molecule has 0 bridgehead atoms. The molecular weight excluding hydrogens is 265 g/mol. The topological polar surface area (TPSA) is 46.2 Å². The zero-order valence-corrected chi connectivity index (χ0v) is 9.02. The van der Waals surface area contributed by atoms with Crippen LogP contribution in [0, 0.1) is 3.57 Å². The monoisotopic (exact) mass is 277 g/mol. The van der Waals surface area contributed by atoms with Gasteiger partial charge in [-0.2, -0.15) is 0 Å². The van der Waals surface area contributed by atoms with E-state index in [0.29, 0.717) is 0 Å². The lowest BCUT2D eigenvalue weighted by atomic mass is 10.0. The van der Waals surface area contributed by atoms with Crippen LogP contribution in [-0.2, 0) is 0 Å². The van der Waals surface area contributed by atoms with E-state index in [4.69, 9.17) is 5.73 Å². The van der Waals surface area contributed by atoms with Gasteiger partial charge < -0.3 is 10.8 Å². The molecule has 0 aliphatic carbocycles. The Kier molecular flexibility index (Phi) is 3.49. The van der Waals surface area contributed by atoms with E-state index in [1.54, 1.807) is 6.92 Å². The summed E-state index contributed by atoms with van der Waals surface area (Å²) in [6.45, 7) is 1.70. The number of halogens is 1. The number of rotatable bonds is 2. The van der Waals surface area contributed by atoms with Crippen molar-refractivity contribution >= 4 is 22.6 Å². The number of nitrogens with two attached hydrogens (primary N) is 1. The largest absolute Gasteiger partial charge is 0.391 e. The van der Waals surface area contributed by atoms with Crippen molar-refractivity contribution in [2.75, 3.05) is 0 Å². The van der Waals surface area contributed by atoms with Crippen LogP contribution < -0.4 is 5.73 Å². The summed E-state index contributed by atoms with van der Waals surface area (Å²) in [4.78, 5) is 0. The lowest BCUT2D eigenvalue weighted by Gasteiger charge is -2.14. The molecule has 0 heterocycles. The van der Waals surface area contributed by atoms with Gasteiger partial charge in [-0.3, -0.25) is 0 Å². The lowest BCUT2D eigenvalue weighted by molar-refractivity contribution is 0.164. The second-order valence-electron chi connectivity index (χ2n) is 2.82. The quantitative estimate of drug-likeness (QED) is 0.808. The summed E-state index contributed by atoms with van der Waals surface area (Å²) < 4.78 is 1.18. The molecule has 3 N–H and O–H groups in total. The Labute approximate surface area is 85.9 Å². The fourth-order valence-electron chi connectivity index (χ4n) is 0.964. The van der Waals surface area contributed by atoms with Gasteiger partial charge in [0.1, 0.15) is 0 Å². The maximum atomic E-state index is 9.22. The molecule has 0 spiro atoms. The molecule has 0 aliphatic heterocycles. The van der Waals surface area contributed by atoms with Crippen LogP contribution in [0.4, 0.5) is 0 Å². The van der Waals surface area contributed by atoms with Gasteiger partial charge in [-0.15, -0.1) is 0 Å². The molecule has 0 aromatic heterocycles. The summed E-state index contributed by atoms with van der Waals surface area (Å²) in [6, 6.07) is 7.58. The SMILES string of the molecule is C[C@@H](O)[C@@H](N)c1ccc(I)cc1. The second-order valence-corrected chi connectivity index (χ2v) is 4.06. The van der Waals surface area contributed by atoms with Crippen LogP contribution in [0.2, 0.25) is 0 Å². The number of benzene rings is 1. The highest BCUT2D eigenvalue weighted by Gasteiger charge is 2.10. The van der Waals surface area contributed by atoms with Crippen molar-refractivity contribution in [2.24, 2.45) is 5.73 Å². The van der Waals surface area contributed by atoms with Gasteiger partial charge in [-0.1, -0.05) is 12.1 Å². The molecule has 0 saturated carbocycles. The third-order valence-electron chi connectivity index (χ3n) is 1.77. The Morgan fingerprint density at radius 3 is 2.25 bits per heavy atom. The molecule has 1 aromatic carbocycles. The molecule has 0 radical (unpaired) electrons. The first kappa shape index (κ1) is 9.95. The van der Waals surface area contributed by atoms with Crippen molar-refractivity contribution in [2.45, 2.75) is 19.1 Å². The summed E-state index contributed by atoms with van der Waals surface area (Å²) in [6.07, 6.45) is -0.495. The van der Waals surface area contributed by atoms with Crippen LogP contribution in [0.5, 0.6) is 0 Å². The minimum atomic E-state index is -0.495. The standard InChI is InChI=1S/C9H12INO/c1-6(12)9(11)7-2-4-8(10)5-3-7/h2-6,9,12H,11H2,1H3/t6-,9-/m1/s1. The Bertz CT molecular complexity index is 245. The third kappa shape index (κ3) is 2.43. The van der Waals surface area contributed by atoms with Crippen molar-refractivity contribution in [3.8, 4) is 0 Å². The van der Waals surface area contributed by atoms with Gasteiger partial charge in [0.15, 0.2) is 0 Å². The highest BCUT2D eigenvalue weighted by Crippen LogP contribution is 2.15. The molecule has 2 nitrogen and oxygen atoms in total. The maximum absolute atomic E-state index is 9.22. The van der Waals surface area contributed by atoms with Crippen molar-refractivity contribution in [3.05, 3.63) is 33.4 Å². The van der Waals surface area contributed by atoms with Crippen LogP contribution >= 0.6 is 22.6 Å². The van der Waals surface area contributed by atoms with Crippen molar-refractivity contribution in [3.63, 3.8) is 0 Å². The van der Waals surface area contributed by atoms with Crippen LogP contribution in [0.3, 0.4) is 0 Å². The Morgan fingerprint density at radius 2 is 1.83 bits per heavy atom. The van der Waals surface area contributed by atoms with E-state index in [1.165, 1.54) is 3.57 Å². The Hall–Kier alpha value is -0.130. The molecule has 1 aromatic rings. The molecule has 3 heteroatoms. The van der Waals surface area contributed by atoms with Gasteiger partial charge >= 0.3 is 0 Å². The summed E-state index contributed by atoms with van der Waals surface area (Å²) in [7, 11) is 0. The highest BCUT2D eigenvalue weighted by atomic mass is 127. The molecule has 2 atom stereocenters. The molecule has 66 valence electrons. The number of aliphatic hydroxyl groups excluding tert-OH is 1. The van der Waals surface area contributed by atoms with Crippen molar-refractivity contribution in [1.29, 1.82) is 0 Å². The smallest absolute Gasteiger partial charge is 0.0704 e. The van der Waals surface area contributed by atoms with Gasteiger partial charge in [0.05, 0.1) is 12.1 Å².